The van der Waals surface area contributed by atoms with Crippen LogP contribution in [-0.4, -0.2) is 37.1 Å². The van der Waals surface area contributed by atoms with Gasteiger partial charge in [-0.05, 0) is 38.9 Å². The van der Waals surface area contributed by atoms with Gasteiger partial charge in [-0.25, -0.2) is 0 Å². The molecule has 0 fully saturated rings. The number of hydrogen-bond donors (Lipinski definition) is 0. The molecule has 96 valence electrons. The average Bonchev–Trinajstić information content (AvgIpc) is 2.30. The smallest absolute Gasteiger partial charge is 0.305 e. The van der Waals surface area contributed by atoms with E-state index in [1.807, 2.05) is 0 Å². The summed E-state index contributed by atoms with van der Waals surface area (Å²) in [6.45, 7) is 10.3. The highest BCUT2D eigenvalue weighted by Crippen LogP contribution is 2.01. The molecule has 0 spiro atoms. The Morgan fingerprint density at radius 1 is 1.06 bits per heavy atom. The van der Waals surface area contributed by atoms with Crippen molar-refractivity contribution in [1.29, 1.82) is 0 Å². The molecule has 0 aliphatic carbocycles. The van der Waals surface area contributed by atoms with Crippen LogP contribution in [0.2, 0.25) is 0 Å². The molecule has 0 aromatic carbocycles. The third kappa shape index (κ3) is 8.72. The maximum Gasteiger partial charge on any atom is 0.305 e. The predicted octanol–water partition coefficient (Wildman–Crippen LogP) is 2.84. The summed E-state index contributed by atoms with van der Waals surface area (Å²) in [6, 6.07) is 0. The summed E-state index contributed by atoms with van der Waals surface area (Å²) in [5, 5.41) is 0. The van der Waals surface area contributed by atoms with E-state index in [1.165, 1.54) is 0 Å². The van der Waals surface area contributed by atoms with Crippen molar-refractivity contribution >= 4 is 5.97 Å². The first-order valence-corrected chi connectivity index (χ1v) is 6.62. The molecular formula is C13H27NO2. The van der Waals surface area contributed by atoms with Crippen molar-refractivity contribution in [2.24, 2.45) is 0 Å². The van der Waals surface area contributed by atoms with E-state index in [-0.39, 0.29) is 5.97 Å². The molecule has 0 N–H and O–H groups in total. The van der Waals surface area contributed by atoms with E-state index >= 15 is 0 Å². The van der Waals surface area contributed by atoms with Crippen LogP contribution >= 0.6 is 0 Å². The fourth-order valence-electron chi connectivity index (χ4n) is 1.55. The largest absolute Gasteiger partial charge is 0.466 e. The van der Waals surface area contributed by atoms with Gasteiger partial charge in [-0.2, -0.15) is 0 Å². The number of hydrogen-bond acceptors (Lipinski definition) is 3. The van der Waals surface area contributed by atoms with Gasteiger partial charge in [0, 0.05) is 6.42 Å². The molecule has 0 amide bonds. The number of ether oxygens (including phenoxy) is 1. The van der Waals surface area contributed by atoms with Gasteiger partial charge in [-0.15, -0.1) is 0 Å². The van der Waals surface area contributed by atoms with Gasteiger partial charge in [0.25, 0.3) is 0 Å². The minimum Gasteiger partial charge on any atom is -0.466 e. The van der Waals surface area contributed by atoms with Gasteiger partial charge in [0.15, 0.2) is 0 Å². The minimum atomic E-state index is -0.0343. The van der Waals surface area contributed by atoms with Gasteiger partial charge in [0.1, 0.15) is 0 Å². The average molecular weight is 229 g/mol. The van der Waals surface area contributed by atoms with Crippen molar-refractivity contribution < 1.29 is 9.53 Å². The van der Waals surface area contributed by atoms with Gasteiger partial charge < -0.3 is 9.64 Å². The van der Waals surface area contributed by atoms with Gasteiger partial charge >= 0.3 is 5.97 Å². The summed E-state index contributed by atoms with van der Waals surface area (Å²) in [5.74, 6) is -0.0343. The summed E-state index contributed by atoms with van der Waals surface area (Å²) < 4.78 is 5.09. The molecule has 0 saturated carbocycles. The van der Waals surface area contributed by atoms with Crippen molar-refractivity contribution in [1.82, 2.24) is 4.90 Å². The zero-order chi connectivity index (χ0) is 12.2. The first-order valence-electron chi connectivity index (χ1n) is 6.62. The van der Waals surface area contributed by atoms with Gasteiger partial charge in [-0.3, -0.25) is 4.79 Å². The van der Waals surface area contributed by atoms with E-state index in [4.69, 9.17) is 4.74 Å². The Kier molecular flexibility index (Phi) is 10.5. The maximum absolute atomic E-state index is 11.3. The molecule has 0 rings (SSSR count). The molecule has 0 saturated heterocycles. The predicted molar refractivity (Wildman–Crippen MR) is 67.5 cm³/mol. The molecular weight excluding hydrogens is 202 g/mol. The van der Waals surface area contributed by atoms with E-state index in [1.54, 1.807) is 0 Å². The Labute approximate surface area is 100 Å². The Hall–Kier alpha value is -0.570. The summed E-state index contributed by atoms with van der Waals surface area (Å²) in [6.07, 6.45) is 4.66. The lowest BCUT2D eigenvalue weighted by Crippen LogP contribution is -2.24. The van der Waals surface area contributed by atoms with Gasteiger partial charge in [-0.1, -0.05) is 27.2 Å². The van der Waals surface area contributed by atoms with E-state index in [0.717, 1.165) is 45.3 Å². The number of carbonyl (C=O) groups excluding carboxylic acids is 1. The second-order valence-electron chi connectivity index (χ2n) is 4.06. The van der Waals surface area contributed by atoms with E-state index in [9.17, 15) is 4.79 Å². The van der Waals surface area contributed by atoms with Crippen LogP contribution in [0.5, 0.6) is 0 Å². The molecule has 3 heteroatoms. The highest BCUT2D eigenvalue weighted by Gasteiger charge is 2.03. The topological polar surface area (TPSA) is 29.5 Å². The number of nitrogens with zero attached hydrogens (tertiary/aromatic N) is 1. The Morgan fingerprint density at radius 3 is 2.31 bits per heavy atom. The quantitative estimate of drug-likeness (QED) is 0.426. The molecule has 0 aromatic rings. The molecule has 0 radical (unpaired) electrons. The first kappa shape index (κ1) is 15.4. The molecule has 16 heavy (non-hydrogen) atoms. The van der Waals surface area contributed by atoms with Gasteiger partial charge in [0.2, 0.25) is 0 Å². The maximum atomic E-state index is 11.3. The monoisotopic (exact) mass is 229 g/mol. The van der Waals surface area contributed by atoms with Crippen LogP contribution in [0, 0.1) is 0 Å². The molecule has 0 aromatic heterocycles. The second-order valence-corrected chi connectivity index (χ2v) is 4.06. The van der Waals surface area contributed by atoms with Crippen molar-refractivity contribution in [2.45, 2.75) is 52.9 Å². The second kappa shape index (κ2) is 10.9. The lowest BCUT2D eigenvalue weighted by Gasteiger charge is -2.17. The zero-order valence-corrected chi connectivity index (χ0v) is 11.1. The number of rotatable bonds is 10. The molecule has 3 nitrogen and oxygen atoms in total. The lowest BCUT2D eigenvalue weighted by atomic mass is 10.2. The van der Waals surface area contributed by atoms with Crippen LogP contribution in [0.25, 0.3) is 0 Å². The number of esters is 1. The fraction of sp³-hybridized carbons (Fsp3) is 0.923. The van der Waals surface area contributed by atoms with Crippen molar-refractivity contribution in [3.63, 3.8) is 0 Å². The molecule has 0 unspecified atom stereocenters. The Bertz CT molecular complexity index is 167. The zero-order valence-electron chi connectivity index (χ0n) is 11.1. The van der Waals surface area contributed by atoms with E-state index < -0.39 is 0 Å². The highest BCUT2D eigenvalue weighted by atomic mass is 16.5. The van der Waals surface area contributed by atoms with Crippen LogP contribution in [0.4, 0.5) is 0 Å². The van der Waals surface area contributed by atoms with Crippen molar-refractivity contribution in [3.05, 3.63) is 0 Å². The Balaban J connectivity index is 3.33. The van der Waals surface area contributed by atoms with Crippen molar-refractivity contribution in [3.8, 4) is 0 Å². The summed E-state index contributed by atoms with van der Waals surface area (Å²) >= 11 is 0. The summed E-state index contributed by atoms with van der Waals surface area (Å²) in [7, 11) is 0. The van der Waals surface area contributed by atoms with Crippen molar-refractivity contribution in [2.75, 3.05) is 26.2 Å². The van der Waals surface area contributed by atoms with E-state index in [2.05, 4.69) is 25.7 Å². The van der Waals surface area contributed by atoms with Gasteiger partial charge in [0.05, 0.1) is 6.61 Å². The molecule has 0 heterocycles. The van der Waals surface area contributed by atoms with Crippen LogP contribution < -0.4 is 0 Å². The van der Waals surface area contributed by atoms with Crippen LogP contribution in [0.3, 0.4) is 0 Å². The molecule has 0 atom stereocenters. The lowest BCUT2D eigenvalue weighted by molar-refractivity contribution is -0.143. The molecule has 0 aliphatic rings. The molecule has 0 bridgehead atoms. The highest BCUT2D eigenvalue weighted by molar-refractivity contribution is 5.69. The fourth-order valence-corrected chi connectivity index (χ4v) is 1.55. The number of unbranched alkanes of at least 4 members (excludes halogenated alkanes) is 2. The minimum absolute atomic E-state index is 0.0343. The van der Waals surface area contributed by atoms with Crippen LogP contribution in [0.15, 0.2) is 0 Å². The standard InChI is InChI=1S/C13H27NO2/c1-4-7-12-16-13(15)10-8-9-11-14(5-2)6-3/h4-12H2,1-3H3. The SMILES string of the molecule is CCCCOC(=O)CCCCN(CC)CC. The normalized spacial score (nSPS) is 10.8. The first-order chi connectivity index (χ1) is 7.74. The number of carbonyl (C=O) groups is 1. The summed E-state index contributed by atoms with van der Waals surface area (Å²) in [5.41, 5.74) is 0. The summed E-state index contributed by atoms with van der Waals surface area (Å²) in [4.78, 5) is 13.6. The molecule has 0 aliphatic heterocycles. The van der Waals surface area contributed by atoms with Crippen LogP contribution in [0.1, 0.15) is 52.9 Å². The third-order valence-electron chi connectivity index (χ3n) is 2.76. The Morgan fingerprint density at radius 2 is 1.75 bits per heavy atom. The van der Waals surface area contributed by atoms with Crippen LogP contribution in [-0.2, 0) is 9.53 Å². The van der Waals surface area contributed by atoms with E-state index in [0.29, 0.717) is 13.0 Å². The third-order valence-corrected chi connectivity index (χ3v) is 2.76.